The van der Waals surface area contributed by atoms with Gasteiger partial charge in [-0.3, -0.25) is 0 Å². The van der Waals surface area contributed by atoms with Gasteiger partial charge in [0.05, 0.1) is 7.11 Å². The highest BCUT2D eigenvalue weighted by Crippen LogP contribution is 2.25. The Kier molecular flexibility index (Phi) is 2.83. The van der Waals surface area contributed by atoms with Gasteiger partial charge in [-0.2, -0.15) is 0 Å². The summed E-state index contributed by atoms with van der Waals surface area (Å²) in [5.74, 6) is 1.57. The standard InChI is InChI=1S/C12H16N2O2/c1-7(8(2)13)12-14-10-6-9(15-3)4-5-11(10)16-12/h4-8H,13H2,1-3H3. The molecule has 1 heterocycles. The zero-order valence-corrected chi connectivity index (χ0v) is 9.73. The van der Waals surface area contributed by atoms with Gasteiger partial charge >= 0.3 is 0 Å². The first kappa shape index (κ1) is 11.0. The number of oxazole rings is 1. The first-order chi connectivity index (χ1) is 7.61. The third kappa shape index (κ3) is 1.88. The van der Waals surface area contributed by atoms with E-state index in [1.807, 2.05) is 32.0 Å². The molecule has 0 radical (unpaired) electrons. The molecule has 2 rings (SSSR count). The Bertz CT molecular complexity index is 491. The molecule has 0 spiro atoms. The second kappa shape index (κ2) is 4.14. The van der Waals surface area contributed by atoms with Crippen LogP contribution in [0.5, 0.6) is 5.75 Å². The summed E-state index contributed by atoms with van der Waals surface area (Å²) >= 11 is 0. The quantitative estimate of drug-likeness (QED) is 0.862. The number of nitrogens with zero attached hydrogens (tertiary/aromatic N) is 1. The van der Waals surface area contributed by atoms with Crippen molar-refractivity contribution >= 4 is 11.1 Å². The SMILES string of the molecule is COc1ccc2oc(C(C)C(C)N)nc2c1. The molecule has 1 aromatic heterocycles. The third-order valence-electron chi connectivity index (χ3n) is 2.79. The molecule has 2 unspecified atom stereocenters. The zero-order chi connectivity index (χ0) is 11.7. The maximum absolute atomic E-state index is 5.82. The largest absolute Gasteiger partial charge is 0.497 e. The summed E-state index contributed by atoms with van der Waals surface area (Å²) < 4.78 is 10.8. The van der Waals surface area contributed by atoms with Crippen molar-refractivity contribution in [3.05, 3.63) is 24.1 Å². The van der Waals surface area contributed by atoms with Crippen LogP contribution in [0.15, 0.2) is 22.6 Å². The van der Waals surface area contributed by atoms with Gasteiger partial charge in [-0.1, -0.05) is 6.92 Å². The average Bonchev–Trinajstić information content (AvgIpc) is 2.69. The van der Waals surface area contributed by atoms with Gasteiger partial charge in [-0.15, -0.1) is 0 Å². The summed E-state index contributed by atoms with van der Waals surface area (Å²) in [5, 5.41) is 0. The predicted octanol–water partition coefficient (Wildman–Crippen LogP) is 2.29. The van der Waals surface area contributed by atoms with Crippen LogP contribution < -0.4 is 10.5 Å². The molecule has 2 aromatic rings. The lowest BCUT2D eigenvalue weighted by Crippen LogP contribution is -2.22. The minimum Gasteiger partial charge on any atom is -0.497 e. The van der Waals surface area contributed by atoms with Crippen molar-refractivity contribution in [3.8, 4) is 5.75 Å². The summed E-state index contributed by atoms with van der Waals surface area (Å²) in [4.78, 5) is 4.42. The van der Waals surface area contributed by atoms with Crippen LogP contribution in [0, 0.1) is 0 Å². The van der Waals surface area contributed by atoms with Crippen LogP contribution in [0.2, 0.25) is 0 Å². The van der Waals surface area contributed by atoms with Crippen molar-refractivity contribution in [2.45, 2.75) is 25.8 Å². The Labute approximate surface area is 94.4 Å². The molecule has 0 saturated carbocycles. The van der Waals surface area contributed by atoms with Crippen molar-refractivity contribution in [2.75, 3.05) is 7.11 Å². The molecular weight excluding hydrogens is 204 g/mol. The van der Waals surface area contributed by atoms with Gasteiger partial charge in [0, 0.05) is 18.0 Å². The van der Waals surface area contributed by atoms with Crippen LogP contribution in [-0.4, -0.2) is 18.1 Å². The van der Waals surface area contributed by atoms with Gasteiger partial charge < -0.3 is 14.9 Å². The Morgan fingerprint density at radius 1 is 1.38 bits per heavy atom. The maximum Gasteiger partial charge on any atom is 0.199 e. The molecule has 2 atom stereocenters. The predicted molar refractivity (Wildman–Crippen MR) is 62.6 cm³/mol. The van der Waals surface area contributed by atoms with Crippen LogP contribution in [-0.2, 0) is 0 Å². The van der Waals surface area contributed by atoms with Crippen LogP contribution >= 0.6 is 0 Å². The fourth-order valence-corrected chi connectivity index (χ4v) is 1.47. The number of aromatic nitrogens is 1. The van der Waals surface area contributed by atoms with Crippen molar-refractivity contribution < 1.29 is 9.15 Å². The van der Waals surface area contributed by atoms with E-state index in [0.717, 1.165) is 16.8 Å². The molecule has 0 aliphatic rings. The molecule has 86 valence electrons. The number of hydrogen-bond donors (Lipinski definition) is 1. The molecule has 0 bridgehead atoms. The van der Waals surface area contributed by atoms with Crippen molar-refractivity contribution in [3.63, 3.8) is 0 Å². The Hall–Kier alpha value is -1.55. The van der Waals surface area contributed by atoms with Crippen molar-refractivity contribution in [1.29, 1.82) is 0 Å². The van der Waals surface area contributed by atoms with E-state index < -0.39 is 0 Å². The summed E-state index contributed by atoms with van der Waals surface area (Å²) in [5.41, 5.74) is 7.40. The molecule has 1 aromatic carbocycles. The monoisotopic (exact) mass is 220 g/mol. The average molecular weight is 220 g/mol. The summed E-state index contributed by atoms with van der Waals surface area (Å²) in [6, 6.07) is 5.60. The van der Waals surface area contributed by atoms with E-state index in [2.05, 4.69) is 4.98 Å². The zero-order valence-electron chi connectivity index (χ0n) is 9.73. The maximum atomic E-state index is 5.82. The van der Waals surface area contributed by atoms with Crippen molar-refractivity contribution in [1.82, 2.24) is 4.98 Å². The van der Waals surface area contributed by atoms with Crippen LogP contribution in [0.25, 0.3) is 11.1 Å². The molecular formula is C12H16N2O2. The summed E-state index contributed by atoms with van der Waals surface area (Å²) in [6.45, 7) is 3.95. The number of benzene rings is 1. The highest BCUT2D eigenvalue weighted by molar-refractivity contribution is 5.74. The second-order valence-corrected chi connectivity index (χ2v) is 4.03. The molecule has 0 amide bonds. The lowest BCUT2D eigenvalue weighted by molar-refractivity contribution is 0.415. The van der Waals surface area contributed by atoms with Crippen LogP contribution in [0.3, 0.4) is 0 Å². The van der Waals surface area contributed by atoms with Gasteiger partial charge in [0.1, 0.15) is 11.3 Å². The van der Waals surface area contributed by atoms with Crippen molar-refractivity contribution in [2.24, 2.45) is 5.73 Å². The van der Waals surface area contributed by atoms with E-state index in [4.69, 9.17) is 14.9 Å². The molecule has 0 saturated heterocycles. The Morgan fingerprint density at radius 3 is 2.75 bits per heavy atom. The van der Waals surface area contributed by atoms with E-state index in [-0.39, 0.29) is 12.0 Å². The fourth-order valence-electron chi connectivity index (χ4n) is 1.47. The minimum absolute atomic E-state index is 0.0231. The number of ether oxygens (including phenoxy) is 1. The molecule has 0 aliphatic carbocycles. The number of rotatable bonds is 3. The fraction of sp³-hybridized carbons (Fsp3) is 0.417. The molecule has 4 heteroatoms. The lowest BCUT2D eigenvalue weighted by atomic mass is 10.1. The number of nitrogens with two attached hydrogens (primary N) is 1. The first-order valence-corrected chi connectivity index (χ1v) is 5.32. The molecule has 0 aliphatic heterocycles. The van der Waals surface area contributed by atoms with E-state index in [9.17, 15) is 0 Å². The van der Waals surface area contributed by atoms with E-state index in [1.54, 1.807) is 7.11 Å². The first-order valence-electron chi connectivity index (χ1n) is 5.32. The van der Waals surface area contributed by atoms with E-state index >= 15 is 0 Å². The lowest BCUT2D eigenvalue weighted by Gasteiger charge is -2.10. The second-order valence-electron chi connectivity index (χ2n) is 4.03. The van der Waals surface area contributed by atoms with E-state index in [0.29, 0.717) is 5.89 Å². The van der Waals surface area contributed by atoms with Crippen LogP contribution in [0.1, 0.15) is 25.7 Å². The Morgan fingerprint density at radius 2 is 2.12 bits per heavy atom. The van der Waals surface area contributed by atoms with Gasteiger partial charge in [-0.05, 0) is 19.1 Å². The highest BCUT2D eigenvalue weighted by Gasteiger charge is 2.17. The van der Waals surface area contributed by atoms with Gasteiger partial charge in [-0.25, -0.2) is 4.98 Å². The smallest absolute Gasteiger partial charge is 0.199 e. The number of methoxy groups -OCH3 is 1. The number of fused-ring (bicyclic) bond motifs is 1. The molecule has 4 nitrogen and oxygen atoms in total. The topological polar surface area (TPSA) is 61.3 Å². The van der Waals surface area contributed by atoms with Gasteiger partial charge in [0.25, 0.3) is 0 Å². The van der Waals surface area contributed by atoms with E-state index in [1.165, 1.54) is 0 Å². The highest BCUT2D eigenvalue weighted by atomic mass is 16.5. The molecule has 2 N–H and O–H groups in total. The normalized spacial score (nSPS) is 15.0. The molecule has 16 heavy (non-hydrogen) atoms. The molecule has 0 fully saturated rings. The number of hydrogen-bond acceptors (Lipinski definition) is 4. The van der Waals surface area contributed by atoms with Crippen LogP contribution in [0.4, 0.5) is 0 Å². The summed E-state index contributed by atoms with van der Waals surface area (Å²) in [7, 11) is 1.63. The third-order valence-corrected chi connectivity index (χ3v) is 2.79. The minimum atomic E-state index is 0.0231. The van der Waals surface area contributed by atoms with Gasteiger partial charge in [0.15, 0.2) is 11.5 Å². The summed E-state index contributed by atoms with van der Waals surface area (Å²) in [6.07, 6.45) is 0. The van der Waals surface area contributed by atoms with Gasteiger partial charge in [0.2, 0.25) is 0 Å². The Balaban J connectivity index is 2.43.